The molecule has 0 aromatic carbocycles. The summed E-state index contributed by atoms with van der Waals surface area (Å²) in [6.07, 6.45) is -16.3. The maximum atomic E-state index is 12.0. The van der Waals surface area contributed by atoms with Crippen molar-refractivity contribution in [2.45, 2.75) is 103 Å². The summed E-state index contributed by atoms with van der Waals surface area (Å²) in [7, 11) is 0. The minimum absolute atomic E-state index is 0.554. The van der Waals surface area contributed by atoms with Gasteiger partial charge in [0.1, 0.15) is 37.6 Å². The highest BCUT2D eigenvalue weighted by Gasteiger charge is 2.56. The van der Waals surface area contributed by atoms with Gasteiger partial charge in [-0.1, -0.05) is 0 Å². The van der Waals surface area contributed by atoms with Gasteiger partial charge in [-0.3, -0.25) is 28.8 Å². The maximum Gasteiger partial charge on any atom is 0.303 e. The molecule has 0 aromatic rings. The molecule has 2 aliphatic heterocycles. The van der Waals surface area contributed by atoms with Crippen LogP contribution in [0.1, 0.15) is 41.5 Å². The van der Waals surface area contributed by atoms with Crippen molar-refractivity contribution in [3.63, 3.8) is 0 Å². The number of carbonyl (C=O) groups is 6. The highest BCUT2D eigenvalue weighted by molar-refractivity contribution is 5.68. The number of ether oxygens (including phenoxy) is 9. The molecule has 17 nitrogen and oxygen atoms in total. The van der Waals surface area contributed by atoms with Gasteiger partial charge in [0.05, 0.1) is 0 Å². The van der Waals surface area contributed by atoms with E-state index in [1.54, 1.807) is 0 Å². The molecule has 0 spiro atoms. The van der Waals surface area contributed by atoms with E-state index in [1.807, 2.05) is 0 Å². The van der Waals surface area contributed by atoms with Gasteiger partial charge in [-0.15, -0.1) is 0 Å². The van der Waals surface area contributed by atoms with Crippen LogP contribution in [0.5, 0.6) is 0 Å². The fraction of sp³-hybridized carbons (Fsp3) is 0.750. The number of hydrogen-bond donors (Lipinski definition) is 2. The molecule has 2 heterocycles. The molecule has 10 atom stereocenters. The van der Waals surface area contributed by atoms with Gasteiger partial charge in [-0.25, -0.2) is 0 Å². The Hall–Kier alpha value is -3.38. The molecule has 0 amide bonds. The van der Waals surface area contributed by atoms with Crippen LogP contribution in [-0.4, -0.2) is 121 Å². The summed E-state index contributed by atoms with van der Waals surface area (Å²) in [5.41, 5.74) is 0. The van der Waals surface area contributed by atoms with Gasteiger partial charge >= 0.3 is 35.8 Å². The van der Waals surface area contributed by atoms with E-state index in [0.29, 0.717) is 0 Å². The summed E-state index contributed by atoms with van der Waals surface area (Å²) < 4.78 is 48.0. The predicted octanol–water partition coefficient (Wildman–Crippen LogP) is -1.97. The van der Waals surface area contributed by atoms with E-state index >= 15 is 0 Å². The third-order valence-corrected chi connectivity index (χ3v) is 5.63. The molecule has 0 saturated carbocycles. The second-order valence-electron chi connectivity index (χ2n) is 9.10. The van der Waals surface area contributed by atoms with E-state index in [9.17, 15) is 39.0 Å². The minimum atomic E-state index is -1.88. The first-order valence-electron chi connectivity index (χ1n) is 12.4. The molecule has 0 aliphatic carbocycles. The molecule has 2 N–H and O–H groups in total. The van der Waals surface area contributed by atoms with E-state index in [2.05, 4.69) is 0 Å². The van der Waals surface area contributed by atoms with Gasteiger partial charge in [0.25, 0.3) is 0 Å². The monoisotopic (exact) mass is 594 g/mol. The smallest absolute Gasteiger partial charge is 0.303 e. The van der Waals surface area contributed by atoms with Gasteiger partial charge in [-0.05, 0) is 0 Å². The maximum absolute atomic E-state index is 12.0. The zero-order valence-corrected chi connectivity index (χ0v) is 23.2. The highest BCUT2D eigenvalue weighted by Crippen LogP contribution is 2.33. The summed E-state index contributed by atoms with van der Waals surface area (Å²) >= 11 is 0. The molecule has 17 heteroatoms. The third kappa shape index (κ3) is 9.89. The summed E-state index contributed by atoms with van der Waals surface area (Å²) in [4.78, 5) is 70.6. The Bertz CT molecular complexity index is 981. The fourth-order valence-electron chi connectivity index (χ4n) is 4.17. The quantitative estimate of drug-likeness (QED) is 0.206. The van der Waals surface area contributed by atoms with Gasteiger partial charge in [0, 0.05) is 41.5 Å². The average molecular weight is 595 g/mol. The molecule has 4 unspecified atom stereocenters. The van der Waals surface area contributed by atoms with E-state index in [-0.39, 0.29) is 0 Å². The highest BCUT2D eigenvalue weighted by atomic mass is 16.8. The number of aliphatic hydroxyl groups is 2. The molecule has 0 aromatic heterocycles. The largest absolute Gasteiger partial charge is 0.463 e. The molecule has 2 aliphatic rings. The SMILES string of the molecule is CC(=O)OCC1O[C@H](O)C(OC(C)=O)[C@@H](OC(C)=O)[C@@H]1O[C@H]1OC(COC(C)=O)[C@H](O)[C@H](OC(C)=O)C1OC(C)=O. The second kappa shape index (κ2) is 15.0. The molecule has 2 rings (SSSR count). The minimum Gasteiger partial charge on any atom is -0.463 e. The van der Waals surface area contributed by atoms with Crippen molar-refractivity contribution in [1.82, 2.24) is 0 Å². The zero-order chi connectivity index (χ0) is 31.0. The second-order valence-corrected chi connectivity index (χ2v) is 9.10. The van der Waals surface area contributed by atoms with Crippen LogP contribution in [0.2, 0.25) is 0 Å². The van der Waals surface area contributed by atoms with Crippen LogP contribution in [0.3, 0.4) is 0 Å². The van der Waals surface area contributed by atoms with Crippen LogP contribution in [0.25, 0.3) is 0 Å². The standard InChI is InChI=1S/C24H34O17/c1-9(25)33-7-15-17(31)19(35-11(3)27)22(38-14(6)30)24(40-15)41-18-16(8-34-10(2)26)39-23(32)21(37-13(5)29)20(18)36-12(4)28/h15-24,31-32H,7-8H2,1-6H3/t15?,16?,17-,18+,19-,20-,21?,22?,23-,24+/m0/s1. The van der Waals surface area contributed by atoms with Crippen LogP contribution in [-0.2, 0) is 71.4 Å². The van der Waals surface area contributed by atoms with Crippen LogP contribution in [0, 0.1) is 0 Å². The van der Waals surface area contributed by atoms with Crippen LogP contribution in [0.15, 0.2) is 0 Å². The van der Waals surface area contributed by atoms with E-state index in [0.717, 1.165) is 41.5 Å². The van der Waals surface area contributed by atoms with Gasteiger partial charge in [0.2, 0.25) is 0 Å². The Labute approximate surface area is 234 Å². The number of aliphatic hydroxyl groups excluding tert-OH is 2. The summed E-state index contributed by atoms with van der Waals surface area (Å²) in [6, 6.07) is 0. The first kappa shape index (κ1) is 33.8. The van der Waals surface area contributed by atoms with E-state index in [4.69, 9.17) is 42.6 Å². The van der Waals surface area contributed by atoms with Crippen molar-refractivity contribution >= 4 is 35.8 Å². The molecule has 2 saturated heterocycles. The average Bonchev–Trinajstić information content (AvgIpc) is 2.83. The van der Waals surface area contributed by atoms with Gasteiger partial charge in [0.15, 0.2) is 37.0 Å². The van der Waals surface area contributed by atoms with Crippen molar-refractivity contribution in [2.75, 3.05) is 13.2 Å². The van der Waals surface area contributed by atoms with Crippen molar-refractivity contribution < 1.29 is 81.6 Å². The lowest BCUT2D eigenvalue weighted by atomic mass is 9.96. The lowest BCUT2D eigenvalue weighted by Crippen LogP contribution is -2.66. The van der Waals surface area contributed by atoms with Crippen molar-refractivity contribution in [1.29, 1.82) is 0 Å². The topological polar surface area (TPSA) is 226 Å². The van der Waals surface area contributed by atoms with E-state index < -0.39 is 110 Å². The molecular formula is C24H34O17. The normalized spacial score (nSPS) is 33.1. The summed E-state index contributed by atoms with van der Waals surface area (Å²) in [6.45, 7) is 5.14. The van der Waals surface area contributed by atoms with Crippen molar-refractivity contribution in [2.24, 2.45) is 0 Å². The predicted molar refractivity (Wildman–Crippen MR) is 126 cm³/mol. The zero-order valence-electron chi connectivity index (χ0n) is 23.2. The fourth-order valence-corrected chi connectivity index (χ4v) is 4.17. The Morgan fingerprint density at radius 2 is 0.976 bits per heavy atom. The van der Waals surface area contributed by atoms with E-state index in [1.165, 1.54) is 0 Å². The van der Waals surface area contributed by atoms with Crippen molar-refractivity contribution in [3.8, 4) is 0 Å². The molecule has 232 valence electrons. The number of hydrogen-bond acceptors (Lipinski definition) is 17. The Kier molecular flexibility index (Phi) is 12.4. The number of rotatable bonds is 10. The Balaban J connectivity index is 2.57. The van der Waals surface area contributed by atoms with Crippen molar-refractivity contribution in [3.05, 3.63) is 0 Å². The van der Waals surface area contributed by atoms with Crippen LogP contribution < -0.4 is 0 Å². The Morgan fingerprint density at radius 3 is 1.46 bits per heavy atom. The number of esters is 6. The lowest BCUT2D eigenvalue weighted by molar-refractivity contribution is -0.357. The Morgan fingerprint density at radius 1 is 0.537 bits per heavy atom. The first-order chi connectivity index (χ1) is 19.1. The van der Waals surface area contributed by atoms with Gasteiger partial charge in [-0.2, -0.15) is 0 Å². The van der Waals surface area contributed by atoms with Crippen LogP contribution >= 0.6 is 0 Å². The molecule has 0 bridgehead atoms. The molecule has 2 fully saturated rings. The summed E-state index contributed by atoms with van der Waals surface area (Å²) in [5, 5.41) is 21.4. The lowest BCUT2D eigenvalue weighted by Gasteiger charge is -2.47. The summed E-state index contributed by atoms with van der Waals surface area (Å²) in [5.74, 6) is -5.07. The first-order valence-corrected chi connectivity index (χ1v) is 12.4. The van der Waals surface area contributed by atoms with Gasteiger partial charge < -0.3 is 52.8 Å². The molecule has 41 heavy (non-hydrogen) atoms. The third-order valence-electron chi connectivity index (χ3n) is 5.63. The molecule has 0 radical (unpaired) electrons. The molecular weight excluding hydrogens is 560 g/mol. The van der Waals surface area contributed by atoms with Crippen LogP contribution in [0.4, 0.5) is 0 Å². The number of carbonyl (C=O) groups excluding carboxylic acids is 6.